The number of amides is 1. The fourth-order valence-electron chi connectivity index (χ4n) is 3.18. The number of rotatable bonds is 7. The van der Waals surface area contributed by atoms with Crippen LogP contribution in [0.3, 0.4) is 0 Å². The molecule has 1 heterocycles. The van der Waals surface area contributed by atoms with Crippen LogP contribution in [-0.2, 0) is 21.4 Å². The number of halogens is 2. The van der Waals surface area contributed by atoms with Crippen LogP contribution in [0.4, 0.5) is 4.39 Å². The van der Waals surface area contributed by atoms with Gasteiger partial charge in [-0.2, -0.15) is 8.42 Å². The third-order valence-electron chi connectivity index (χ3n) is 4.46. The van der Waals surface area contributed by atoms with Crippen LogP contribution >= 0.6 is 11.6 Å². The molecule has 3 rings (SSSR count). The monoisotopic (exact) mass is 441 g/mol. The van der Waals surface area contributed by atoms with E-state index in [0.29, 0.717) is 17.2 Å². The molecule has 0 spiro atoms. The first-order valence-electron chi connectivity index (χ1n) is 9.06. The van der Waals surface area contributed by atoms with Gasteiger partial charge in [-0.3, -0.25) is 4.79 Å². The largest absolute Gasteiger partial charge is 0.382 e. The lowest BCUT2D eigenvalue weighted by Gasteiger charge is -2.26. The molecular formula is C20H21ClFNO5S. The van der Waals surface area contributed by atoms with Gasteiger partial charge in [-0.05, 0) is 43.2 Å². The molecule has 0 aliphatic carbocycles. The standard InChI is InChI=1S/C20H21ClFNO5S/c1-29(25,26)28-19-9-8-15(21)11-14(19)12-23(13-16-5-4-10-27-16)20(24)17-6-2-3-7-18(17)22/h2-3,6-9,11,16H,4-5,10,12-13H2,1H3/t16-/m0/s1. The van der Waals surface area contributed by atoms with Gasteiger partial charge >= 0.3 is 10.1 Å². The topological polar surface area (TPSA) is 72.9 Å². The maximum absolute atomic E-state index is 14.2. The first-order chi connectivity index (χ1) is 13.7. The summed E-state index contributed by atoms with van der Waals surface area (Å²) in [6.07, 6.45) is 2.42. The molecule has 1 amide bonds. The van der Waals surface area contributed by atoms with Gasteiger partial charge in [0, 0.05) is 30.3 Å². The highest BCUT2D eigenvalue weighted by molar-refractivity contribution is 7.86. The van der Waals surface area contributed by atoms with Crippen LogP contribution in [0.5, 0.6) is 5.75 Å². The van der Waals surface area contributed by atoms with Gasteiger partial charge in [-0.1, -0.05) is 23.7 Å². The lowest BCUT2D eigenvalue weighted by Crippen LogP contribution is -2.37. The van der Waals surface area contributed by atoms with Gasteiger partial charge in [-0.25, -0.2) is 4.39 Å². The minimum absolute atomic E-state index is 0.0154. The van der Waals surface area contributed by atoms with Crippen molar-refractivity contribution in [2.24, 2.45) is 0 Å². The fraction of sp³-hybridized carbons (Fsp3) is 0.350. The molecule has 9 heteroatoms. The van der Waals surface area contributed by atoms with Crippen molar-refractivity contribution in [2.75, 3.05) is 19.4 Å². The molecule has 2 aromatic carbocycles. The molecule has 1 aliphatic rings. The lowest BCUT2D eigenvalue weighted by atomic mass is 10.1. The van der Waals surface area contributed by atoms with E-state index in [-0.39, 0.29) is 30.5 Å². The van der Waals surface area contributed by atoms with E-state index in [4.69, 9.17) is 20.5 Å². The van der Waals surface area contributed by atoms with Crippen molar-refractivity contribution in [1.29, 1.82) is 0 Å². The zero-order valence-electron chi connectivity index (χ0n) is 15.8. The zero-order chi connectivity index (χ0) is 21.0. The number of benzene rings is 2. The SMILES string of the molecule is CS(=O)(=O)Oc1ccc(Cl)cc1CN(C[C@@H]1CCCO1)C(=O)c1ccccc1F. The van der Waals surface area contributed by atoms with E-state index < -0.39 is 21.8 Å². The third-order valence-corrected chi connectivity index (χ3v) is 5.18. The Morgan fingerprint density at radius 3 is 2.72 bits per heavy atom. The van der Waals surface area contributed by atoms with Gasteiger partial charge < -0.3 is 13.8 Å². The summed E-state index contributed by atoms with van der Waals surface area (Å²) in [4.78, 5) is 14.5. The van der Waals surface area contributed by atoms with Crippen LogP contribution in [0.1, 0.15) is 28.8 Å². The summed E-state index contributed by atoms with van der Waals surface area (Å²) in [5.74, 6) is -1.09. The zero-order valence-corrected chi connectivity index (χ0v) is 17.4. The maximum atomic E-state index is 14.2. The minimum atomic E-state index is -3.78. The molecule has 0 bridgehead atoms. The van der Waals surface area contributed by atoms with Gasteiger partial charge in [-0.15, -0.1) is 0 Å². The van der Waals surface area contributed by atoms with Crippen LogP contribution in [0.25, 0.3) is 0 Å². The lowest BCUT2D eigenvalue weighted by molar-refractivity contribution is 0.0503. The third kappa shape index (κ3) is 5.91. The molecule has 0 aromatic heterocycles. The van der Waals surface area contributed by atoms with Gasteiger partial charge in [0.05, 0.1) is 17.9 Å². The van der Waals surface area contributed by atoms with Crippen LogP contribution < -0.4 is 4.18 Å². The minimum Gasteiger partial charge on any atom is -0.382 e. The summed E-state index contributed by atoms with van der Waals surface area (Å²) in [7, 11) is -3.78. The molecular weight excluding hydrogens is 421 g/mol. The summed E-state index contributed by atoms with van der Waals surface area (Å²) >= 11 is 6.07. The van der Waals surface area contributed by atoms with Crippen molar-refractivity contribution in [3.63, 3.8) is 0 Å². The summed E-state index contributed by atoms with van der Waals surface area (Å²) in [6.45, 7) is 0.822. The second-order valence-corrected chi connectivity index (χ2v) is 8.85. The molecule has 0 saturated carbocycles. The number of hydrogen-bond donors (Lipinski definition) is 0. The molecule has 1 saturated heterocycles. The highest BCUT2D eigenvalue weighted by Crippen LogP contribution is 2.27. The van der Waals surface area contributed by atoms with Gasteiger partial charge in [0.2, 0.25) is 0 Å². The van der Waals surface area contributed by atoms with E-state index in [2.05, 4.69) is 0 Å². The quantitative estimate of drug-likeness (QED) is 0.613. The van der Waals surface area contributed by atoms with Crippen LogP contribution in [0, 0.1) is 5.82 Å². The van der Waals surface area contributed by atoms with Gasteiger partial charge in [0.25, 0.3) is 5.91 Å². The van der Waals surface area contributed by atoms with E-state index in [9.17, 15) is 17.6 Å². The van der Waals surface area contributed by atoms with Crippen molar-refractivity contribution >= 4 is 27.6 Å². The Morgan fingerprint density at radius 2 is 2.07 bits per heavy atom. The predicted octanol–water partition coefficient (Wildman–Crippen LogP) is 3.64. The molecule has 6 nitrogen and oxygen atoms in total. The molecule has 156 valence electrons. The first kappa shape index (κ1) is 21.5. The molecule has 29 heavy (non-hydrogen) atoms. The van der Waals surface area contributed by atoms with Crippen molar-refractivity contribution in [3.05, 3.63) is 64.4 Å². The molecule has 1 fully saturated rings. The fourth-order valence-corrected chi connectivity index (χ4v) is 3.86. The first-order valence-corrected chi connectivity index (χ1v) is 11.3. The van der Waals surface area contributed by atoms with E-state index in [1.54, 1.807) is 6.07 Å². The second-order valence-electron chi connectivity index (χ2n) is 6.84. The number of nitrogens with zero attached hydrogens (tertiary/aromatic N) is 1. The Kier molecular flexibility index (Phi) is 6.77. The molecule has 0 unspecified atom stereocenters. The van der Waals surface area contributed by atoms with Crippen molar-refractivity contribution in [2.45, 2.75) is 25.5 Å². The number of carbonyl (C=O) groups is 1. The van der Waals surface area contributed by atoms with E-state index in [0.717, 1.165) is 19.1 Å². The molecule has 0 N–H and O–H groups in total. The van der Waals surface area contributed by atoms with Gasteiger partial charge in [0.1, 0.15) is 11.6 Å². The summed E-state index contributed by atoms with van der Waals surface area (Å²) in [5, 5.41) is 0.358. The average molecular weight is 442 g/mol. The molecule has 2 aromatic rings. The Labute approximate surface area is 174 Å². The summed E-state index contributed by atoms with van der Waals surface area (Å²) in [6, 6.07) is 10.2. The summed E-state index contributed by atoms with van der Waals surface area (Å²) in [5.41, 5.74) is 0.323. The van der Waals surface area contributed by atoms with Crippen LogP contribution in [-0.4, -0.2) is 44.7 Å². The van der Waals surface area contributed by atoms with E-state index in [1.807, 2.05) is 0 Å². The molecule has 0 radical (unpaired) electrons. The Hall–Kier alpha value is -2.16. The number of ether oxygens (including phenoxy) is 1. The van der Waals surface area contributed by atoms with Crippen molar-refractivity contribution < 1.29 is 26.5 Å². The average Bonchev–Trinajstić information content (AvgIpc) is 3.15. The van der Waals surface area contributed by atoms with Crippen LogP contribution in [0.2, 0.25) is 5.02 Å². The predicted molar refractivity (Wildman–Crippen MR) is 107 cm³/mol. The Balaban J connectivity index is 1.94. The number of carbonyl (C=O) groups excluding carboxylic acids is 1. The number of hydrogen-bond acceptors (Lipinski definition) is 5. The van der Waals surface area contributed by atoms with E-state index >= 15 is 0 Å². The molecule has 1 aliphatic heterocycles. The van der Waals surface area contributed by atoms with Crippen molar-refractivity contribution in [3.8, 4) is 5.75 Å². The molecule has 1 atom stereocenters. The maximum Gasteiger partial charge on any atom is 0.306 e. The van der Waals surface area contributed by atoms with Crippen molar-refractivity contribution in [1.82, 2.24) is 4.90 Å². The second kappa shape index (κ2) is 9.11. The van der Waals surface area contributed by atoms with E-state index in [1.165, 1.54) is 41.3 Å². The Morgan fingerprint density at radius 1 is 1.31 bits per heavy atom. The highest BCUT2D eigenvalue weighted by Gasteiger charge is 2.26. The highest BCUT2D eigenvalue weighted by atomic mass is 35.5. The smallest absolute Gasteiger partial charge is 0.306 e. The Bertz CT molecular complexity index is 992. The summed E-state index contributed by atoms with van der Waals surface area (Å²) < 4.78 is 48.1. The van der Waals surface area contributed by atoms with Gasteiger partial charge in [0.15, 0.2) is 0 Å². The van der Waals surface area contributed by atoms with Crippen LogP contribution in [0.15, 0.2) is 42.5 Å². The normalized spacial score (nSPS) is 16.6.